The van der Waals surface area contributed by atoms with Crippen LogP contribution in [0.1, 0.15) is 116 Å². The topological polar surface area (TPSA) is 161 Å². The van der Waals surface area contributed by atoms with Crippen LogP contribution in [-0.4, -0.2) is 102 Å². The van der Waals surface area contributed by atoms with E-state index in [0.717, 1.165) is 60.7 Å². The first-order valence-electron chi connectivity index (χ1n) is 25.2. The summed E-state index contributed by atoms with van der Waals surface area (Å²) in [5, 5.41) is 66.1. The van der Waals surface area contributed by atoms with E-state index in [1.165, 1.54) is 24.0 Å². The van der Waals surface area contributed by atoms with Gasteiger partial charge in [0, 0.05) is 49.5 Å². The molecule has 7 N–H and O–H groups in total. The number of rotatable bonds is 19. The standard InChI is InChI=1S/C56H84N2O8/c1-37(2)30-49(61)66-36-46(48-22-24-56(52(48)62)51-43(23-28-59)20-21-45(50(51)40(5)35-60)34-55(56,64)25-27-57-6)15-10-12-38(3)44-19-18-39(4)53(63)58-54(26-29-65-7,47-16-8-9-17-47)33-42-14-11-13-41(31-42)32-44/h10-15,18,20-21,31,35,37,43-45,47-49,51-53,57-59,61-64H,3,8-9,16-17,19,22-30,32-34,36H2,1-2,4-7H3. The minimum absolute atomic E-state index is 0.0407. The number of hydrogen-bond acceptors (Lipinski definition) is 10. The second-order valence-corrected chi connectivity index (χ2v) is 21.2. The van der Waals surface area contributed by atoms with E-state index in [1.807, 2.05) is 53.0 Å². The molecular weight excluding hydrogens is 829 g/mol. The van der Waals surface area contributed by atoms with Gasteiger partial charge in [-0.2, -0.15) is 0 Å². The number of ether oxygens (including phenoxy) is 2. The Labute approximate surface area is 396 Å². The van der Waals surface area contributed by atoms with E-state index in [9.17, 15) is 30.3 Å². The summed E-state index contributed by atoms with van der Waals surface area (Å²) in [6.45, 7) is 13.8. The maximum atomic E-state index is 13.1. The van der Waals surface area contributed by atoms with E-state index in [2.05, 4.69) is 59.7 Å². The van der Waals surface area contributed by atoms with Crippen molar-refractivity contribution >= 4 is 6.29 Å². The SMILES string of the molecule is C=C(C=CC=C(COC(O)CC(C)C)C1CCC2(C1O)C1C(=C(C)C=O)C(C=CC1CCO)CC2(O)CCNC)C1CC=C(C)C(O)NC(CCOC)(C2CCCC2)Cc2cccc(c2)C1. The van der Waals surface area contributed by atoms with E-state index in [-0.39, 0.29) is 48.3 Å². The predicted molar refractivity (Wildman–Crippen MR) is 263 cm³/mol. The molecule has 11 unspecified atom stereocenters. The van der Waals surface area contributed by atoms with Crippen LogP contribution in [0.5, 0.6) is 0 Å². The highest BCUT2D eigenvalue weighted by Gasteiger charge is 2.68. The third-order valence-corrected chi connectivity index (χ3v) is 16.6. The highest BCUT2D eigenvalue weighted by molar-refractivity contribution is 5.74. The Balaban J connectivity index is 1.33. The van der Waals surface area contributed by atoms with Crippen LogP contribution in [0.25, 0.3) is 0 Å². The van der Waals surface area contributed by atoms with Crippen molar-refractivity contribution in [2.45, 2.75) is 147 Å². The number of carbonyl (C=O) groups is 1. The first-order chi connectivity index (χ1) is 31.6. The van der Waals surface area contributed by atoms with Crippen molar-refractivity contribution < 1.29 is 39.8 Å². The molecule has 1 aliphatic heterocycles. The maximum absolute atomic E-state index is 13.1. The minimum Gasteiger partial charge on any atom is -0.396 e. The van der Waals surface area contributed by atoms with E-state index in [4.69, 9.17) is 9.47 Å². The summed E-state index contributed by atoms with van der Waals surface area (Å²) in [7, 11) is 3.62. The van der Waals surface area contributed by atoms with Crippen molar-refractivity contribution in [3.63, 3.8) is 0 Å². The number of aldehydes is 1. The Bertz CT molecular complexity index is 1950. The Hall–Kier alpha value is -3.03. The summed E-state index contributed by atoms with van der Waals surface area (Å²) in [4.78, 5) is 12.5. The molecule has 1 aromatic carbocycles. The molecule has 366 valence electrons. The van der Waals surface area contributed by atoms with Crippen LogP contribution < -0.4 is 10.6 Å². The number of hydrogen-bond donors (Lipinski definition) is 7. The Morgan fingerprint density at radius 3 is 2.56 bits per heavy atom. The molecule has 4 aliphatic carbocycles. The maximum Gasteiger partial charge on any atom is 0.155 e. The third-order valence-electron chi connectivity index (χ3n) is 16.6. The summed E-state index contributed by atoms with van der Waals surface area (Å²) in [6, 6.07) is 8.90. The average molecular weight is 913 g/mol. The molecule has 0 saturated heterocycles. The van der Waals surface area contributed by atoms with Gasteiger partial charge in [0.15, 0.2) is 6.29 Å². The van der Waals surface area contributed by atoms with Crippen molar-refractivity contribution in [1.29, 1.82) is 0 Å². The summed E-state index contributed by atoms with van der Waals surface area (Å²) >= 11 is 0. The van der Waals surface area contributed by atoms with Crippen LogP contribution in [-0.2, 0) is 27.1 Å². The molecule has 0 radical (unpaired) electrons. The molecule has 0 amide bonds. The van der Waals surface area contributed by atoms with E-state index in [1.54, 1.807) is 7.11 Å². The van der Waals surface area contributed by atoms with Crippen molar-refractivity contribution in [2.24, 2.45) is 46.8 Å². The molecule has 3 fully saturated rings. The van der Waals surface area contributed by atoms with Crippen LogP contribution in [0.3, 0.4) is 0 Å². The number of carbonyl (C=O) groups excluding carboxylic acids is 1. The molecular formula is C56H84N2O8. The zero-order valence-electron chi connectivity index (χ0n) is 41.0. The fourth-order valence-electron chi connectivity index (χ4n) is 13.1. The number of aliphatic hydroxyl groups excluding tert-OH is 4. The molecule has 1 heterocycles. The molecule has 10 nitrogen and oxygen atoms in total. The van der Waals surface area contributed by atoms with Gasteiger partial charge in [-0.25, -0.2) is 0 Å². The van der Waals surface area contributed by atoms with Gasteiger partial charge in [0.2, 0.25) is 0 Å². The summed E-state index contributed by atoms with van der Waals surface area (Å²) < 4.78 is 11.8. The van der Waals surface area contributed by atoms with Crippen molar-refractivity contribution in [1.82, 2.24) is 10.6 Å². The Morgan fingerprint density at radius 2 is 1.86 bits per heavy atom. The molecule has 1 spiro atoms. The van der Waals surface area contributed by atoms with Crippen LogP contribution in [0.2, 0.25) is 0 Å². The molecule has 0 aromatic heterocycles. The number of benzene rings is 1. The van der Waals surface area contributed by atoms with Gasteiger partial charge in [0.1, 0.15) is 12.5 Å². The number of fused-ring (bicyclic) bond motifs is 5. The first kappa shape index (κ1) is 52.3. The second kappa shape index (κ2) is 23.5. The monoisotopic (exact) mass is 913 g/mol. The van der Waals surface area contributed by atoms with Gasteiger partial charge in [-0.15, -0.1) is 0 Å². The fraction of sp³-hybridized carbons (Fsp3) is 0.661. The number of methoxy groups -OCH3 is 1. The lowest BCUT2D eigenvalue weighted by Crippen LogP contribution is -2.65. The van der Waals surface area contributed by atoms with Crippen molar-refractivity contribution in [3.8, 4) is 0 Å². The minimum atomic E-state index is -1.26. The smallest absolute Gasteiger partial charge is 0.155 e. The fourth-order valence-corrected chi connectivity index (χ4v) is 13.1. The average Bonchev–Trinajstić information content (AvgIpc) is 3.96. The van der Waals surface area contributed by atoms with Gasteiger partial charge in [-0.3, -0.25) is 10.1 Å². The van der Waals surface area contributed by atoms with Crippen molar-refractivity contribution in [2.75, 3.05) is 40.5 Å². The molecule has 66 heavy (non-hydrogen) atoms. The molecule has 10 heteroatoms. The Morgan fingerprint density at radius 1 is 1.11 bits per heavy atom. The summed E-state index contributed by atoms with van der Waals surface area (Å²) in [5.41, 5.74) is 4.18. The van der Waals surface area contributed by atoms with Crippen LogP contribution in [0.15, 0.2) is 95.2 Å². The van der Waals surface area contributed by atoms with Gasteiger partial charge < -0.3 is 40.3 Å². The predicted octanol–water partition coefficient (Wildman–Crippen LogP) is 7.85. The Kier molecular flexibility index (Phi) is 18.7. The number of aliphatic hydroxyl groups is 5. The molecule has 6 rings (SSSR count). The van der Waals surface area contributed by atoms with Gasteiger partial charge in [0.05, 0.1) is 18.3 Å². The second-order valence-electron chi connectivity index (χ2n) is 21.2. The van der Waals surface area contributed by atoms with Crippen LogP contribution >= 0.6 is 0 Å². The first-order valence-corrected chi connectivity index (χ1v) is 25.2. The van der Waals surface area contributed by atoms with E-state index >= 15 is 0 Å². The van der Waals surface area contributed by atoms with Crippen LogP contribution in [0, 0.1) is 46.8 Å². The molecule has 1 aromatic rings. The lowest BCUT2D eigenvalue weighted by Gasteiger charge is -2.61. The lowest BCUT2D eigenvalue weighted by molar-refractivity contribution is -0.194. The van der Waals surface area contributed by atoms with Crippen LogP contribution in [0.4, 0.5) is 0 Å². The van der Waals surface area contributed by atoms with Crippen molar-refractivity contribution in [3.05, 3.63) is 106 Å². The van der Waals surface area contributed by atoms with E-state index in [0.29, 0.717) is 69.6 Å². The zero-order valence-corrected chi connectivity index (χ0v) is 41.0. The highest BCUT2D eigenvalue weighted by Crippen LogP contribution is 2.67. The van der Waals surface area contributed by atoms with E-state index < -0.39 is 35.6 Å². The van der Waals surface area contributed by atoms with Gasteiger partial charge in [-0.1, -0.05) is 105 Å². The summed E-state index contributed by atoms with van der Waals surface area (Å²) in [5.74, 6) is -0.362. The summed E-state index contributed by atoms with van der Waals surface area (Å²) in [6.07, 6.45) is 21.2. The third kappa shape index (κ3) is 11.5. The van der Waals surface area contributed by atoms with Gasteiger partial charge >= 0.3 is 0 Å². The zero-order chi connectivity index (χ0) is 47.6. The molecule has 11 atom stereocenters. The lowest BCUT2D eigenvalue weighted by atomic mass is 9.45. The molecule has 3 saturated carbocycles. The highest BCUT2D eigenvalue weighted by atomic mass is 16.6. The van der Waals surface area contributed by atoms with Gasteiger partial charge in [-0.05, 0) is 156 Å². The number of allylic oxidation sites excluding steroid dienone is 9. The quantitative estimate of drug-likeness (QED) is 0.0240. The molecule has 4 bridgehead atoms. The molecule has 5 aliphatic rings. The normalized spacial score (nSPS) is 34.4. The van der Waals surface area contributed by atoms with Gasteiger partial charge in [0.25, 0.3) is 0 Å². The number of nitrogens with one attached hydrogen (secondary N) is 2. The largest absolute Gasteiger partial charge is 0.396 e.